The van der Waals surface area contributed by atoms with Crippen LogP contribution in [0.5, 0.6) is 0 Å². The van der Waals surface area contributed by atoms with Crippen molar-refractivity contribution in [1.29, 1.82) is 0 Å². The molecule has 0 aliphatic carbocycles. The third-order valence-corrected chi connectivity index (χ3v) is 1.61. The molecule has 0 aliphatic heterocycles. The van der Waals surface area contributed by atoms with Crippen molar-refractivity contribution in [1.82, 2.24) is 0 Å². The van der Waals surface area contributed by atoms with Crippen molar-refractivity contribution in [2.45, 2.75) is 47.0 Å². The van der Waals surface area contributed by atoms with E-state index in [-0.39, 0.29) is 5.97 Å². The molecule has 0 spiro atoms. The average Bonchev–Trinajstić information content (AvgIpc) is 1.84. The van der Waals surface area contributed by atoms with E-state index in [4.69, 9.17) is 4.74 Å². The molecular weight excluding hydrogens is 152 g/mol. The molecule has 0 aliphatic rings. The maximum Gasteiger partial charge on any atom is 0.305 e. The number of carbonyl (C=O) groups is 1. The third kappa shape index (κ3) is 7.58. The van der Waals surface area contributed by atoms with Crippen molar-refractivity contribution in [3.8, 4) is 0 Å². The Bertz CT molecular complexity index is 133. The van der Waals surface area contributed by atoms with Crippen LogP contribution in [0.25, 0.3) is 0 Å². The summed E-state index contributed by atoms with van der Waals surface area (Å²) in [7, 11) is 0. The van der Waals surface area contributed by atoms with Crippen molar-refractivity contribution in [3.05, 3.63) is 0 Å². The molecule has 0 bridgehead atoms. The molecule has 0 fully saturated rings. The molecule has 0 heterocycles. The zero-order chi connectivity index (χ0) is 9.61. The van der Waals surface area contributed by atoms with Gasteiger partial charge in [0.1, 0.15) is 0 Å². The lowest BCUT2D eigenvalue weighted by atomic mass is 9.90. The van der Waals surface area contributed by atoms with Crippen LogP contribution in [0.1, 0.15) is 47.0 Å². The predicted molar refractivity (Wildman–Crippen MR) is 49.9 cm³/mol. The summed E-state index contributed by atoms with van der Waals surface area (Å²) in [6.07, 6.45) is 2.57. The highest BCUT2D eigenvalue weighted by Gasteiger charge is 2.10. The van der Waals surface area contributed by atoms with Gasteiger partial charge in [-0.15, -0.1) is 0 Å². The van der Waals surface area contributed by atoms with E-state index in [9.17, 15) is 4.79 Å². The lowest BCUT2D eigenvalue weighted by Crippen LogP contribution is -2.08. The van der Waals surface area contributed by atoms with Crippen molar-refractivity contribution in [2.24, 2.45) is 5.41 Å². The number of ether oxygens (including phenoxy) is 1. The molecule has 0 unspecified atom stereocenters. The first kappa shape index (κ1) is 11.5. The Morgan fingerprint density at radius 3 is 2.33 bits per heavy atom. The highest BCUT2D eigenvalue weighted by molar-refractivity contribution is 5.69. The van der Waals surface area contributed by atoms with E-state index in [0.29, 0.717) is 18.4 Å². The van der Waals surface area contributed by atoms with Gasteiger partial charge in [0.05, 0.1) is 6.61 Å². The number of carbonyl (C=O) groups excluding carboxylic acids is 1. The molecule has 12 heavy (non-hydrogen) atoms. The summed E-state index contributed by atoms with van der Waals surface area (Å²) >= 11 is 0. The molecule has 0 aromatic rings. The first-order chi connectivity index (χ1) is 5.45. The summed E-state index contributed by atoms with van der Waals surface area (Å²) in [5, 5.41) is 0. The lowest BCUT2D eigenvalue weighted by molar-refractivity contribution is -0.143. The zero-order valence-electron chi connectivity index (χ0n) is 8.64. The van der Waals surface area contributed by atoms with Gasteiger partial charge in [0, 0.05) is 6.42 Å². The van der Waals surface area contributed by atoms with E-state index >= 15 is 0 Å². The SMILES string of the molecule is CCOC(=O)CCCC(C)(C)C. The first-order valence-corrected chi connectivity index (χ1v) is 4.61. The highest BCUT2D eigenvalue weighted by Crippen LogP contribution is 2.21. The molecule has 72 valence electrons. The molecule has 0 rings (SSSR count). The van der Waals surface area contributed by atoms with Gasteiger partial charge in [-0.05, 0) is 25.2 Å². The summed E-state index contributed by atoms with van der Waals surface area (Å²) < 4.78 is 4.82. The Kier molecular flexibility index (Phi) is 4.95. The molecular formula is C10H20O2. The predicted octanol–water partition coefficient (Wildman–Crippen LogP) is 2.77. The summed E-state index contributed by atoms with van der Waals surface area (Å²) in [4.78, 5) is 10.9. The Morgan fingerprint density at radius 2 is 1.92 bits per heavy atom. The van der Waals surface area contributed by atoms with Crippen LogP contribution in [0.15, 0.2) is 0 Å². The minimum atomic E-state index is -0.0678. The topological polar surface area (TPSA) is 26.3 Å². The largest absolute Gasteiger partial charge is 0.466 e. The zero-order valence-corrected chi connectivity index (χ0v) is 8.64. The standard InChI is InChI=1S/C10H20O2/c1-5-12-9(11)7-6-8-10(2,3)4/h5-8H2,1-4H3. The van der Waals surface area contributed by atoms with Crippen LogP contribution in [0.2, 0.25) is 0 Å². The van der Waals surface area contributed by atoms with Gasteiger partial charge in [0.25, 0.3) is 0 Å². The average molecular weight is 172 g/mol. The van der Waals surface area contributed by atoms with Gasteiger partial charge in [-0.25, -0.2) is 0 Å². The van der Waals surface area contributed by atoms with Gasteiger partial charge in [0.15, 0.2) is 0 Å². The molecule has 2 nitrogen and oxygen atoms in total. The normalized spacial score (nSPS) is 11.3. The van der Waals surface area contributed by atoms with E-state index in [1.54, 1.807) is 0 Å². The lowest BCUT2D eigenvalue weighted by Gasteiger charge is -2.16. The molecule has 0 N–H and O–H groups in total. The molecule has 0 radical (unpaired) electrons. The minimum absolute atomic E-state index is 0.0678. The Hall–Kier alpha value is -0.530. The maximum atomic E-state index is 10.9. The van der Waals surface area contributed by atoms with Crippen LogP contribution in [0, 0.1) is 5.41 Å². The fourth-order valence-electron chi connectivity index (χ4n) is 0.996. The van der Waals surface area contributed by atoms with E-state index in [1.807, 2.05) is 6.92 Å². The molecule has 0 aromatic carbocycles. The van der Waals surface area contributed by atoms with Crippen molar-refractivity contribution >= 4 is 5.97 Å². The van der Waals surface area contributed by atoms with Gasteiger partial charge in [0.2, 0.25) is 0 Å². The molecule has 0 saturated carbocycles. The fraction of sp³-hybridized carbons (Fsp3) is 0.900. The van der Waals surface area contributed by atoms with Gasteiger partial charge in [-0.1, -0.05) is 20.8 Å². The van der Waals surface area contributed by atoms with Gasteiger partial charge in [-0.3, -0.25) is 4.79 Å². The molecule has 0 aromatic heterocycles. The Morgan fingerprint density at radius 1 is 1.33 bits per heavy atom. The Balaban J connectivity index is 3.37. The van der Waals surface area contributed by atoms with Crippen LogP contribution < -0.4 is 0 Å². The van der Waals surface area contributed by atoms with Gasteiger partial charge >= 0.3 is 5.97 Å². The van der Waals surface area contributed by atoms with Crippen LogP contribution in [-0.2, 0) is 9.53 Å². The van der Waals surface area contributed by atoms with Crippen LogP contribution in [0.3, 0.4) is 0 Å². The molecule has 0 atom stereocenters. The van der Waals surface area contributed by atoms with Crippen LogP contribution in [-0.4, -0.2) is 12.6 Å². The number of hydrogen-bond donors (Lipinski definition) is 0. The Labute approximate surface area is 75.3 Å². The first-order valence-electron chi connectivity index (χ1n) is 4.61. The second-order valence-electron chi connectivity index (χ2n) is 4.22. The van der Waals surface area contributed by atoms with Crippen molar-refractivity contribution < 1.29 is 9.53 Å². The third-order valence-electron chi connectivity index (χ3n) is 1.61. The van der Waals surface area contributed by atoms with Crippen molar-refractivity contribution in [3.63, 3.8) is 0 Å². The molecule has 2 heteroatoms. The highest BCUT2D eigenvalue weighted by atomic mass is 16.5. The summed E-state index contributed by atoms with van der Waals surface area (Å²) in [6, 6.07) is 0. The van der Waals surface area contributed by atoms with E-state index in [1.165, 1.54) is 0 Å². The minimum Gasteiger partial charge on any atom is -0.466 e. The van der Waals surface area contributed by atoms with Crippen LogP contribution >= 0.6 is 0 Å². The second kappa shape index (κ2) is 5.18. The number of rotatable bonds is 4. The van der Waals surface area contributed by atoms with E-state index in [0.717, 1.165) is 12.8 Å². The van der Waals surface area contributed by atoms with Crippen molar-refractivity contribution in [2.75, 3.05) is 6.61 Å². The number of hydrogen-bond acceptors (Lipinski definition) is 2. The van der Waals surface area contributed by atoms with Gasteiger partial charge in [-0.2, -0.15) is 0 Å². The maximum absolute atomic E-state index is 10.9. The summed E-state index contributed by atoms with van der Waals surface area (Å²) in [6.45, 7) is 8.87. The summed E-state index contributed by atoms with van der Waals surface area (Å²) in [5.74, 6) is -0.0678. The fourth-order valence-corrected chi connectivity index (χ4v) is 0.996. The summed E-state index contributed by atoms with van der Waals surface area (Å²) in [5.41, 5.74) is 0.326. The monoisotopic (exact) mass is 172 g/mol. The molecule has 0 amide bonds. The number of esters is 1. The van der Waals surface area contributed by atoms with E-state index < -0.39 is 0 Å². The van der Waals surface area contributed by atoms with E-state index in [2.05, 4.69) is 20.8 Å². The second-order valence-corrected chi connectivity index (χ2v) is 4.22. The smallest absolute Gasteiger partial charge is 0.305 e. The van der Waals surface area contributed by atoms with Crippen LogP contribution in [0.4, 0.5) is 0 Å². The van der Waals surface area contributed by atoms with Gasteiger partial charge < -0.3 is 4.74 Å². The molecule has 0 saturated heterocycles. The quantitative estimate of drug-likeness (QED) is 0.609.